The summed E-state index contributed by atoms with van der Waals surface area (Å²) in [5.41, 5.74) is 4.66. The topological polar surface area (TPSA) is 78.4 Å². The molecule has 0 spiro atoms. The molecule has 0 unspecified atom stereocenters. The van der Waals surface area contributed by atoms with Crippen LogP contribution in [-0.2, 0) is 19.1 Å². The molecule has 1 aliphatic rings. The van der Waals surface area contributed by atoms with Gasteiger partial charge >= 0.3 is 11.9 Å². The van der Waals surface area contributed by atoms with Crippen LogP contribution in [0.25, 0.3) is 11.0 Å². The van der Waals surface area contributed by atoms with Crippen LogP contribution in [-0.4, -0.2) is 36.1 Å². The van der Waals surface area contributed by atoms with Crippen LogP contribution in [0.3, 0.4) is 0 Å². The lowest BCUT2D eigenvalue weighted by molar-refractivity contribution is -0.144. The molecule has 2 aromatic rings. The van der Waals surface area contributed by atoms with Crippen molar-refractivity contribution in [3.8, 4) is 0 Å². The maximum absolute atomic E-state index is 12.0. The SMILES string of the molecule is COC(=O)[C@H]1C[C@@H](C(=O)OC)c2nc3cc(C)c(C)cc3nc21. The van der Waals surface area contributed by atoms with Gasteiger partial charge in [0.05, 0.1) is 36.6 Å². The van der Waals surface area contributed by atoms with Crippen LogP contribution in [0.5, 0.6) is 0 Å². The fourth-order valence-electron chi connectivity index (χ4n) is 3.01. The van der Waals surface area contributed by atoms with E-state index in [0.29, 0.717) is 22.4 Å². The Labute approximate surface area is 133 Å². The van der Waals surface area contributed by atoms with Crippen molar-refractivity contribution in [2.24, 2.45) is 0 Å². The van der Waals surface area contributed by atoms with Gasteiger partial charge in [0.15, 0.2) is 0 Å². The molecule has 0 saturated carbocycles. The van der Waals surface area contributed by atoms with Crippen LogP contribution in [0.1, 0.15) is 40.8 Å². The molecular weight excluding hydrogens is 296 g/mol. The third-order valence-corrected chi connectivity index (χ3v) is 4.44. The molecule has 0 fully saturated rings. The maximum atomic E-state index is 12.0. The van der Waals surface area contributed by atoms with Crippen molar-refractivity contribution in [1.82, 2.24) is 9.97 Å². The van der Waals surface area contributed by atoms with Crippen molar-refractivity contribution in [3.05, 3.63) is 34.6 Å². The van der Waals surface area contributed by atoms with Gasteiger partial charge in [-0.2, -0.15) is 0 Å². The molecular formula is C17H18N2O4. The number of hydrogen-bond acceptors (Lipinski definition) is 6. The minimum absolute atomic E-state index is 0.281. The van der Waals surface area contributed by atoms with E-state index in [1.807, 2.05) is 26.0 Å². The normalized spacial score (nSPS) is 19.5. The number of ether oxygens (including phenoxy) is 2. The Morgan fingerprint density at radius 3 is 1.65 bits per heavy atom. The molecule has 0 N–H and O–H groups in total. The smallest absolute Gasteiger partial charge is 0.314 e. The highest BCUT2D eigenvalue weighted by molar-refractivity contribution is 5.87. The zero-order chi connectivity index (χ0) is 16.7. The molecule has 0 bridgehead atoms. The third kappa shape index (κ3) is 2.44. The number of nitrogens with zero attached hydrogens (tertiary/aromatic N) is 2. The Morgan fingerprint density at radius 2 is 1.30 bits per heavy atom. The van der Waals surface area contributed by atoms with Gasteiger partial charge in [-0.15, -0.1) is 0 Å². The third-order valence-electron chi connectivity index (χ3n) is 4.44. The largest absolute Gasteiger partial charge is 0.469 e. The van der Waals surface area contributed by atoms with Crippen molar-refractivity contribution in [3.63, 3.8) is 0 Å². The Hall–Kier alpha value is -2.50. The Bertz CT molecular complexity index is 749. The monoisotopic (exact) mass is 314 g/mol. The number of methoxy groups -OCH3 is 2. The molecule has 6 heteroatoms. The second-order valence-corrected chi connectivity index (χ2v) is 5.81. The van der Waals surface area contributed by atoms with Crippen LogP contribution >= 0.6 is 0 Å². The van der Waals surface area contributed by atoms with E-state index in [0.717, 1.165) is 11.1 Å². The number of benzene rings is 1. The Morgan fingerprint density at radius 1 is 0.913 bits per heavy atom. The highest BCUT2D eigenvalue weighted by Crippen LogP contribution is 2.41. The predicted molar refractivity (Wildman–Crippen MR) is 83.1 cm³/mol. The molecule has 23 heavy (non-hydrogen) atoms. The molecule has 1 aromatic heterocycles. The molecule has 1 aromatic carbocycles. The lowest BCUT2D eigenvalue weighted by atomic mass is 10.0. The Kier molecular flexibility index (Phi) is 3.75. The van der Waals surface area contributed by atoms with Gasteiger partial charge in [0.2, 0.25) is 0 Å². The van der Waals surface area contributed by atoms with E-state index < -0.39 is 23.8 Å². The van der Waals surface area contributed by atoms with Gasteiger partial charge in [-0.25, -0.2) is 9.97 Å². The summed E-state index contributed by atoms with van der Waals surface area (Å²) in [6.07, 6.45) is 0.281. The van der Waals surface area contributed by atoms with Crippen molar-refractivity contribution >= 4 is 23.0 Å². The van der Waals surface area contributed by atoms with Gasteiger partial charge in [-0.3, -0.25) is 9.59 Å². The maximum Gasteiger partial charge on any atom is 0.314 e. The quantitative estimate of drug-likeness (QED) is 0.790. The highest BCUT2D eigenvalue weighted by Gasteiger charge is 2.43. The summed E-state index contributed by atoms with van der Waals surface area (Å²) in [6, 6.07) is 3.88. The van der Waals surface area contributed by atoms with Crippen molar-refractivity contribution in [2.75, 3.05) is 14.2 Å². The summed E-state index contributed by atoms with van der Waals surface area (Å²) in [7, 11) is 2.66. The van der Waals surface area contributed by atoms with E-state index in [2.05, 4.69) is 9.97 Å². The summed E-state index contributed by atoms with van der Waals surface area (Å²) in [5.74, 6) is -1.99. The average Bonchev–Trinajstić information content (AvgIpc) is 2.91. The first-order valence-corrected chi connectivity index (χ1v) is 7.40. The van der Waals surface area contributed by atoms with E-state index >= 15 is 0 Å². The van der Waals surface area contributed by atoms with Gasteiger partial charge in [0.25, 0.3) is 0 Å². The van der Waals surface area contributed by atoms with Crippen LogP contribution < -0.4 is 0 Å². The summed E-state index contributed by atoms with van der Waals surface area (Å²) in [6.45, 7) is 4.00. The van der Waals surface area contributed by atoms with Crippen LogP contribution in [0.4, 0.5) is 0 Å². The number of aryl methyl sites for hydroxylation is 2. The average molecular weight is 314 g/mol. The molecule has 2 atom stereocenters. The molecule has 0 radical (unpaired) electrons. The standard InChI is InChI=1S/C17H18N2O4/c1-8-5-12-13(6-9(8)2)19-15-11(17(21)23-4)7-10(14(15)18-12)16(20)22-3/h5-6,10-11H,7H2,1-4H3/t10-,11+. The molecule has 120 valence electrons. The summed E-state index contributed by atoms with van der Waals surface area (Å²) >= 11 is 0. The molecule has 6 nitrogen and oxygen atoms in total. The van der Waals surface area contributed by atoms with Gasteiger partial charge in [-0.05, 0) is 43.5 Å². The molecule has 3 rings (SSSR count). The number of carbonyl (C=O) groups excluding carboxylic acids is 2. The van der Waals surface area contributed by atoms with Crippen molar-refractivity contribution in [2.45, 2.75) is 32.1 Å². The second kappa shape index (κ2) is 5.61. The summed E-state index contributed by atoms with van der Waals surface area (Å²) in [5, 5.41) is 0. The lowest BCUT2D eigenvalue weighted by Gasteiger charge is -2.10. The number of fused-ring (bicyclic) bond motifs is 2. The number of rotatable bonds is 2. The second-order valence-electron chi connectivity index (χ2n) is 5.81. The summed E-state index contributed by atoms with van der Waals surface area (Å²) in [4.78, 5) is 33.3. The lowest BCUT2D eigenvalue weighted by Crippen LogP contribution is -2.15. The first-order valence-electron chi connectivity index (χ1n) is 7.40. The fourth-order valence-corrected chi connectivity index (χ4v) is 3.01. The number of carbonyl (C=O) groups is 2. The number of esters is 2. The first-order chi connectivity index (χ1) is 11.0. The van der Waals surface area contributed by atoms with Crippen LogP contribution in [0, 0.1) is 13.8 Å². The van der Waals surface area contributed by atoms with E-state index in [1.165, 1.54) is 14.2 Å². The van der Waals surface area contributed by atoms with Crippen molar-refractivity contribution in [1.29, 1.82) is 0 Å². The molecule has 0 saturated heterocycles. The highest BCUT2D eigenvalue weighted by atomic mass is 16.5. The van der Waals surface area contributed by atoms with Crippen molar-refractivity contribution < 1.29 is 19.1 Å². The minimum atomic E-state index is -0.586. The predicted octanol–water partition coefficient (Wildman–Crippen LogP) is 2.16. The molecule has 0 aliphatic heterocycles. The van der Waals surface area contributed by atoms with Gasteiger partial charge in [0.1, 0.15) is 11.8 Å². The van der Waals surface area contributed by atoms with Gasteiger partial charge in [-0.1, -0.05) is 0 Å². The van der Waals surface area contributed by atoms with E-state index in [-0.39, 0.29) is 6.42 Å². The zero-order valence-electron chi connectivity index (χ0n) is 13.5. The zero-order valence-corrected chi connectivity index (χ0v) is 13.5. The number of hydrogen-bond donors (Lipinski definition) is 0. The van der Waals surface area contributed by atoms with Crippen LogP contribution in [0.15, 0.2) is 12.1 Å². The fraction of sp³-hybridized carbons (Fsp3) is 0.412. The minimum Gasteiger partial charge on any atom is -0.469 e. The molecule has 1 aliphatic carbocycles. The summed E-state index contributed by atoms with van der Waals surface area (Å²) < 4.78 is 9.70. The first kappa shape index (κ1) is 15.4. The van der Waals surface area contributed by atoms with Gasteiger partial charge in [0, 0.05) is 0 Å². The van der Waals surface area contributed by atoms with E-state index in [1.54, 1.807) is 0 Å². The molecule has 0 amide bonds. The van der Waals surface area contributed by atoms with Crippen LogP contribution in [0.2, 0.25) is 0 Å². The van der Waals surface area contributed by atoms with E-state index in [9.17, 15) is 9.59 Å². The number of aromatic nitrogens is 2. The van der Waals surface area contributed by atoms with Gasteiger partial charge < -0.3 is 9.47 Å². The Balaban J connectivity index is 2.22. The van der Waals surface area contributed by atoms with E-state index in [4.69, 9.17) is 9.47 Å². The molecule has 1 heterocycles.